The number of ether oxygens (including phenoxy) is 4. The van der Waals surface area contributed by atoms with Crippen LogP contribution in [0.25, 0.3) is 0 Å². The van der Waals surface area contributed by atoms with E-state index in [4.69, 9.17) is 18.9 Å². The van der Waals surface area contributed by atoms with Crippen molar-refractivity contribution in [3.63, 3.8) is 0 Å². The highest BCUT2D eigenvalue weighted by Crippen LogP contribution is 2.47. The van der Waals surface area contributed by atoms with E-state index in [0.717, 1.165) is 17.5 Å². The maximum absolute atomic E-state index is 6.97. The molecule has 4 nitrogen and oxygen atoms in total. The number of thioether (sulfide) groups is 2. The second-order valence-corrected chi connectivity index (χ2v) is 14.7. The summed E-state index contributed by atoms with van der Waals surface area (Å²) in [6.07, 6.45) is 1.70. The molecule has 0 spiro atoms. The Hall–Kier alpha value is -2.58. The average Bonchev–Trinajstić information content (AvgIpc) is 3.11. The highest BCUT2D eigenvalue weighted by molar-refractivity contribution is 8.17. The third kappa shape index (κ3) is 9.47. The first-order chi connectivity index (χ1) is 22.3. The number of benzene rings is 4. The summed E-state index contributed by atoms with van der Waals surface area (Å²) < 4.78 is 27.8. The molecule has 1 aliphatic heterocycles. The maximum Gasteiger partial charge on any atom is 0.111 e. The Balaban J connectivity index is 1.30. The van der Waals surface area contributed by atoms with Crippen LogP contribution in [0.1, 0.15) is 35.1 Å². The molecule has 5 atom stereocenters. The van der Waals surface area contributed by atoms with Crippen LogP contribution in [-0.2, 0) is 45.4 Å². The molecule has 4 aromatic rings. The molecule has 236 valence electrons. The number of hydrogen-bond acceptors (Lipinski definition) is 6. The molecule has 1 saturated heterocycles. The summed E-state index contributed by atoms with van der Waals surface area (Å²) in [6, 6.07) is 41.9. The molecule has 1 saturated carbocycles. The van der Waals surface area contributed by atoms with E-state index in [0.29, 0.717) is 43.5 Å². The largest absolute Gasteiger partial charge is 0.376 e. The van der Waals surface area contributed by atoms with Crippen LogP contribution in [0.2, 0.25) is 0 Å². The zero-order valence-electron chi connectivity index (χ0n) is 25.8. The van der Waals surface area contributed by atoms with Gasteiger partial charge in [0.25, 0.3) is 0 Å². The van der Waals surface area contributed by atoms with Crippen LogP contribution in [0.5, 0.6) is 0 Å². The van der Waals surface area contributed by atoms with Gasteiger partial charge in [0.05, 0.1) is 49.8 Å². The SMILES string of the molecule is c1ccc(COC[C@H]2C[C@@H](C3SCCCS3)[C@H](OCc3ccccc3)[C@@H](OCc3ccccc3)[C@@H]2OCc2ccccc2)cc1. The van der Waals surface area contributed by atoms with Crippen LogP contribution in [0.4, 0.5) is 0 Å². The minimum absolute atomic E-state index is 0.108. The topological polar surface area (TPSA) is 36.9 Å². The Bertz CT molecular complexity index is 1370. The van der Waals surface area contributed by atoms with Crippen molar-refractivity contribution in [3.05, 3.63) is 144 Å². The fourth-order valence-corrected chi connectivity index (χ4v) is 9.60. The minimum atomic E-state index is -0.246. The summed E-state index contributed by atoms with van der Waals surface area (Å²) >= 11 is 4.18. The van der Waals surface area contributed by atoms with Crippen LogP contribution in [0.3, 0.4) is 0 Å². The third-order valence-corrected chi connectivity index (χ3v) is 11.8. The molecule has 6 heteroatoms. The van der Waals surface area contributed by atoms with E-state index in [-0.39, 0.29) is 24.2 Å². The molecule has 0 amide bonds. The Labute approximate surface area is 277 Å². The predicted octanol–water partition coefficient (Wildman–Crippen LogP) is 8.79. The molecule has 2 fully saturated rings. The van der Waals surface area contributed by atoms with E-state index in [9.17, 15) is 0 Å². The lowest BCUT2D eigenvalue weighted by atomic mass is 9.76. The van der Waals surface area contributed by atoms with Gasteiger partial charge >= 0.3 is 0 Å². The minimum Gasteiger partial charge on any atom is -0.376 e. The van der Waals surface area contributed by atoms with E-state index >= 15 is 0 Å². The summed E-state index contributed by atoms with van der Waals surface area (Å²) in [5, 5.41) is 0. The summed E-state index contributed by atoms with van der Waals surface area (Å²) in [5.41, 5.74) is 4.68. The quantitative estimate of drug-likeness (QED) is 0.137. The van der Waals surface area contributed by atoms with Crippen LogP contribution in [0.15, 0.2) is 121 Å². The second-order valence-electron chi connectivity index (χ2n) is 11.9. The smallest absolute Gasteiger partial charge is 0.111 e. The van der Waals surface area contributed by atoms with Crippen molar-refractivity contribution in [2.24, 2.45) is 11.8 Å². The first-order valence-electron chi connectivity index (χ1n) is 16.1. The zero-order valence-corrected chi connectivity index (χ0v) is 27.5. The van der Waals surface area contributed by atoms with Gasteiger partial charge in [-0.25, -0.2) is 0 Å². The number of hydrogen-bond donors (Lipinski definition) is 0. The molecular weight excluding hydrogens is 597 g/mol. The van der Waals surface area contributed by atoms with E-state index < -0.39 is 0 Å². The van der Waals surface area contributed by atoms with E-state index in [1.165, 1.54) is 29.1 Å². The second kappa shape index (κ2) is 17.4. The summed E-state index contributed by atoms with van der Waals surface area (Å²) in [6.45, 7) is 2.79. The van der Waals surface area contributed by atoms with Gasteiger partial charge in [-0.05, 0) is 46.6 Å². The molecule has 0 bridgehead atoms. The summed E-state index contributed by atoms with van der Waals surface area (Å²) in [7, 11) is 0. The fraction of sp³-hybridized carbons (Fsp3) is 0.385. The van der Waals surface area contributed by atoms with Crippen molar-refractivity contribution < 1.29 is 18.9 Å². The predicted molar refractivity (Wildman–Crippen MR) is 186 cm³/mol. The lowest BCUT2D eigenvalue weighted by Gasteiger charge is -2.48. The molecule has 0 unspecified atom stereocenters. The molecular formula is C39H44O4S2. The highest BCUT2D eigenvalue weighted by Gasteiger charge is 2.50. The molecule has 2 aliphatic rings. The van der Waals surface area contributed by atoms with E-state index in [1.54, 1.807) is 0 Å². The standard InChI is InChI=1S/C39H44O4S2/c1-5-14-30(15-6-1)25-40-29-34-24-35(39-44-22-13-23-45-39)37(42-27-32-18-9-3-10-19-32)38(43-28-33-20-11-4-12-21-33)36(34)41-26-31-16-7-2-8-17-31/h1-12,14-21,34-39H,13,22-29H2/t34-,35-,36-,37+,38+/m1/s1. The van der Waals surface area contributed by atoms with Gasteiger partial charge in [0, 0.05) is 11.8 Å². The van der Waals surface area contributed by atoms with Crippen LogP contribution < -0.4 is 0 Å². The molecule has 6 rings (SSSR count). The summed E-state index contributed by atoms with van der Waals surface area (Å²) in [4.78, 5) is 0. The van der Waals surface area contributed by atoms with Crippen molar-refractivity contribution in [1.29, 1.82) is 0 Å². The highest BCUT2D eigenvalue weighted by atomic mass is 32.2. The van der Waals surface area contributed by atoms with Gasteiger partial charge in [-0.3, -0.25) is 0 Å². The van der Waals surface area contributed by atoms with Crippen molar-refractivity contribution >= 4 is 23.5 Å². The molecule has 0 radical (unpaired) electrons. The van der Waals surface area contributed by atoms with Crippen LogP contribution in [-0.4, -0.2) is 41.0 Å². The molecule has 4 aromatic carbocycles. The fourth-order valence-electron chi connectivity index (χ4n) is 6.34. The maximum atomic E-state index is 6.97. The molecule has 0 aromatic heterocycles. The van der Waals surface area contributed by atoms with Crippen molar-refractivity contribution in [2.75, 3.05) is 18.1 Å². The van der Waals surface area contributed by atoms with Gasteiger partial charge in [-0.1, -0.05) is 121 Å². The van der Waals surface area contributed by atoms with Gasteiger partial charge in [0.1, 0.15) is 6.10 Å². The Morgan fingerprint density at radius 3 is 1.40 bits per heavy atom. The Morgan fingerprint density at radius 1 is 0.489 bits per heavy atom. The molecule has 0 N–H and O–H groups in total. The van der Waals surface area contributed by atoms with Crippen LogP contribution >= 0.6 is 23.5 Å². The zero-order chi connectivity index (χ0) is 30.5. The van der Waals surface area contributed by atoms with Crippen molar-refractivity contribution in [3.8, 4) is 0 Å². The van der Waals surface area contributed by atoms with Crippen LogP contribution in [0, 0.1) is 11.8 Å². The molecule has 1 aliphatic carbocycles. The van der Waals surface area contributed by atoms with Gasteiger partial charge in [-0.15, -0.1) is 23.5 Å². The lowest BCUT2D eigenvalue weighted by molar-refractivity contribution is -0.209. The third-order valence-electron chi connectivity index (χ3n) is 8.61. The lowest BCUT2D eigenvalue weighted by Crippen LogP contribution is -2.57. The van der Waals surface area contributed by atoms with E-state index in [1.807, 2.05) is 12.1 Å². The monoisotopic (exact) mass is 640 g/mol. The first kappa shape index (κ1) is 32.4. The number of rotatable bonds is 14. The van der Waals surface area contributed by atoms with Crippen molar-refractivity contribution in [1.82, 2.24) is 0 Å². The van der Waals surface area contributed by atoms with Crippen molar-refractivity contribution in [2.45, 2.75) is 62.2 Å². The Morgan fingerprint density at radius 2 is 0.911 bits per heavy atom. The van der Waals surface area contributed by atoms with E-state index in [2.05, 4.69) is 133 Å². The molecule has 1 heterocycles. The Kier molecular flexibility index (Phi) is 12.5. The summed E-state index contributed by atoms with van der Waals surface area (Å²) in [5.74, 6) is 2.87. The van der Waals surface area contributed by atoms with Gasteiger partial charge < -0.3 is 18.9 Å². The average molecular weight is 641 g/mol. The van der Waals surface area contributed by atoms with Gasteiger partial charge in [0.2, 0.25) is 0 Å². The first-order valence-corrected chi connectivity index (χ1v) is 18.2. The van der Waals surface area contributed by atoms with Gasteiger partial charge in [-0.2, -0.15) is 0 Å². The normalized spacial score (nSPS) is 24.0. The van der Waals surface area contributed by atoms with Gasteiger partial charge in [0.15, 0.2) is 0 Å². The molecule has 45 heavy (non-hydrogen) atoms.